The van der Waals surface area contributed by atoms with Crippen LogP contribution in [0.2, 0.25) is 0 Å². The van der Waals surface area contributed by atoms with Gasteiger partial charge in [0.15, 0.2) is 17.3 Å². The van der Waals surface area contributed by atoms with E-state index < -0.39 is 23.1 Å². The zero-order chi connectivity index (χ0) is 25.4. The van der Waals surface area contributed by atoms with Crippen LogP contribution in [0.1, 0.15) is 51.5 Å². The Morgan fingerprint density at radius 3 is 2.42 bits per heavy atom. The summed E-state index contributed by atoms with van der Waals surface area (Å²) < 4.78 is 49.6. The molecule has 5 rings (SSSR count). The van der Waals surface area contributed by atoms with Crippen LogP contribution in [0.15, 0.2) is 18.3 Å². The molecule has 1 amide bonds. The van der Waals surface area contributed by atoms with Gasteiger partial charge in [-0.2, -0.15) is 4.98 Å². The number of amides is 1. The van der Waals surface area contributed by atoms with Crippen molar-refractivity contribution < 1.29 is 22.7 Å². The molecule has 1 saturated heterocycles. The van der Waals surface area contributed by atoms with E-state index in [9.17, 15) is 18.0 Å². The number of nitrogens with zero attached hydrogens (tertiary/aromatic N) is 4. The van der Waals surface area contributed by atoms with Crippen LogP contribution < -0.4 is 16.4 Å². The topological polar surface area (TPSA) is 120 Å². The molecule has 2 aliphatic rings. The summed E-state index contributed by atoms with van der Waals surface area (Å²) in [5, 5.41) is 6.10. The summed E-state index contributed by atoms with van der Waals surface area (Å²) in [6.07, 6.45) is 5.50. The number of nitrogens with one attached hydrogen (secondary N) is 2. The molecule has 0 radical (unpaired) electrons. The van der Waals surface area contributed by atoms with Crippen molar-refractivity contribution in [3.8, 4) is 0 Å². The molecule has 192 valence electrons. The molecule has 4 N–H and O–H groups in total. The third-order valence-electron chi connectivity index (χ3n) is 7.15. The highest BCUT2D eigenvalue weighted by atomic mass is 19.1. The van der Waals surface area contributed by atoms with Gasteiger partial charge < -0.3 is 21.1 Å². The number of hydrogen-bond donors (Lipinski definition) is 3. The lowest BCUT2D eigenvalue weighted by Crippen LogP contribution is -2.41. The first kappa shape index (κ1) is 24.3. The molecule has 0 bridgehead atoms. The molecule has 3 heterocycles. The van der Waals surface area contributed by atoms with E-state index in [1.807, 2.05) is 0 Å². The van der Waals surface area contributed by atoms with Crippen molar-refractivity contribution in [3.05, 3.63) is 35.8 Å². The summed E-state index contributed by atoms with van der Waals surface area (Å²) in [6.45, 7) is 3.35. The monoisotopic (exact) mass is 503 g/mol. The molecule has 12 heteroatoms. The molecule has 1 aliphatic heterocycles. The van der Waals surface area contributed by atoms with Crippen LogP contribution in [0.5, 0.6) is 0 Å². The summed E-state index contributed by atoms with van der Waals surface area (Å²) in [5.74, 6) is -3.17. The van der Waals surface area contributed by atoms with Gasteiger partial charge >= 0.3 is 0 Å². The van der Waals surface area contributed by atoms with Crippen LogP contribution in [0.4, 0.5) is 30.8 Å². The Balaban J connectivity index is 1.54. The van der Waals surface area contributed by atoms with Gasteiger partial charge in [0, 0.05) is 42.8 Å². The minimum atomic E-state index is -1.08. The second kappa shape index (κ2) is 9.57. The lowest BCUT2D eigenvalue weighted by Gasteiger charge is -2.34. The van der Waals surface area contributed by atoms with Crippen molar-refractivity contribution in [1.29, 1.82) is 0 Å². The largest absolute Gasteiger partial charge is 0.381 e. The van der Waals surface area contributed by atoms with Gasteiger partial charge in [-0.25, -0.2) is 23.1 Å². The standard InChI is InChI=1S/C24H28F3N7O2/c1-24(6-8-36-9-7-24)33-22-29-12-18-21(32-22)34(15-4-2-13(3-5-15)20(28)35)23(30-18)31-19-16(26)10-14(25)11-17(19)27/h10-13,15H,2-9H2,1H3,(H2,28,35)(H,30,31)(H,29,32,33). The minimum Gasteiger partial charge on any atom is -0.381 e. The van der Waals surface area contributed by atoms with Crippen LogP contribution in [-0.2, 0) is 9.53 Å². The molecule has 1 aliphatic carbocycles. The van der Waals surface area contributed by atoms with Crippen LogP contribution in [0.25, 0.3) is 11.2 Å². The number of aromatic nitrogens is 4. The predicted molar refractivity (Wildman–Crippen MR) is 127 cm³/mol. The average Bonchev–Trinajstić information content (AvgIpc) is 3.19. The maximum absolute atomic E-state index is 14.5. The first-order chi connectivity index (χ1) is 17.2. The summed E-state index contributed by atoms with van der Waals surface area (Å²) in [4.78, 5) is 25.3. The number of nitrogens with two attached hydrogens (primary N) is 1. The van der Waals surface area contributed by atoms with E-state index in [2.05, 4.69) is 27.5 Å². The number of hydrogen-bond acceptors (Lipinski definition) is 7. The highest BCUT2D eigenvalue weighted by molar-refractivity contribution is 5.78. The number of halogens is 3. The van der Waals surface area contributed by atoms with Gasteiger partial charge in [-0.1, -0.05) is 0 Å². The molecular formula is C24H28F3N7O2. The first-order valence-corrected chi connectivity index (χ1v) is 12.0. The van der Waals surface area contributed by atoms with Crippen LogP contribution in [-0.4, -0.2) is 44.2 Å². The average molecular weight is 504 g/mol. The number of rotatable bonds is 6. The van der Waals surface area contributed by atoms with E-state index in [4.69, 9.17) is 15.5 Å². The second-order valence-electron chi connectivity index (χ2n) is 9.78. The third kappa shape index (κ3) is 4.81. The number of benzene rings is 1. The fourth-order valence-electron chi connectivity index (χ4n) is 4.99. The van der Waals surface area contributed by atoms with Gasteiger partial charge in [0.25, 0.3) is 0 Å². The SMILES string of the molecule is CC1(Nc2ncc3nc(Nc4c(F)cc(F)cc4F)n(C4CCC(C(N)=O)CC4)c3n2)CCOCC1. The molecule has 0 spiro atoms. The van der Waals surface area contributed by atoms with Crippen molar-refractivity contribution in [3.63, 3.8) is 0 Å². The van der Waals surface area contributed by atoms with E-state index in [0.29, 0.717) is 68.1 Å². The number of carbonyl (C=O) groups is 1. The number of primary amides is 1. The van der Waals surface area contributed by atoms with Crippen molar-refractivity contribution in [2.75, 3.05) is 23.8 Å². The van der Waals surface area contributed by atoms with Crippen LogP contribution in [0, 0.1) is 23.4 Å². The molecule has 1 saturated carbocycles. The molecule has 2 fully saturated rings. The van der Waals surface area contributed by atoms with E-state index in [1.54, 1.807) is 10.8 Å². The molecule has 0 unspecified atom stereocenters. The molecule has 9 nitrogen and oxygen atoms in total. The first-order valence-electron chi connectivity index (χ1n) is 12.0. The summed E-state index contributed by atoms with van der Waals surface area (Å²) in [7, 11) is 0. The Bertz CT molecular complexity index is 1260. The number of carbonyl (C=O) groups excluding carboxylic acids is 1. The zero-order valence-electron chi connectivity index (χ0n) is 19.9. The smallest absolute Gasteiger partial charge is 0.225 e. The molecule has 2 aromatic heterocycles. The summed E-state index contributed by atoms with van der Waals surface area (Å²) >= 11 is 0. The lowest BCUT2D eigenvalue weighted by atomic mass is 9.85. The van der Waals surface area contributed by atoms with E-state index in [0.717, 1.165) is 12.8 Å². The predicted octanol–water partition coefficient (Wildman–Crippen LogP) is 4.18. The maximum atomic E-state index is 14.5. The minimum absolute atomic E-state index is 0.152. The third-order valence-corrected chi connectivity index (χ3v) is 7.15. The van der Waals surface area contributed by atoms with Gasteiger partial charge in [0.1, 0.15) is 17.0 Å². The highest BCUT2D eigenvalue weighted by Gasteiger charge is 2.31. The van der Waals surface area contributed by atoms with E-state index >= 15 is 0 Å². The molecule has 36 heavy (non-hydrogen) atoms. The van der Waals surface area contributed by atoms with Crippen LogP contribution in [0.3, 0.4) is 0 Å². The van der Waals surface area contributed by atoms with Gasteiger partial charge in [0.2, 0.25) is 17.8 Å². The number of imidazole rings is 1. The number of fused-ring (bicyclic) bond motifs is 1. The highest BCUT2D eigenvalue weighted by Crippen LogP contribution is 2.38. The number of anilines is 3. The fraction of sp³-hybridized carbons (Fsp3) is 0.500. The Labute approximate surface area is 205 Å². The molecule has 3 aromatic rings. The van der Waals surface area contributed by atoms with Crippen LogP contribution >= 0.6 is 0 Å². The zero-order valence-corrected chi connectivity index (χ0v) is 19.9. The molecule has 0 atom stereocenters. The second-order valence-corrected chi connectivity index (χ2v) is 9.78. The van der Waals surface area contributed by atoms with E-state index in [1.165, 1.54) is 0 Å². The van der Waals surface area contributed by atoms with Gasteiger partial charge in [-0.3, -0.25) is 9.36 Å². The Hall–Kier alpha value is -3.41. The Morgan fingerprint density at radius 2 is 1.78 bits per heavy atom. The number of ether oxygens (including phenoxy) is 1. The van der Waals surface area contributed by atoms with Gasteiger partial charge in [0.05, 0.1) is 6.20 Å². The quantitative estimate of drug-likeness (QED) is 0.461. The van der Waals surface area contributed by atoms with Gasteiger partial charge in [-0.15, -0.1) is 0 Å². The Morgan fingerprint density at radius 1 is 1.11 bits per heavy atom. The lowest BCUT2D eigenvalue weighted by molar-refractivity contribution is -0.122. The maximum Gasteiger partial charge on any atom is 0.225 e. The molecular weight excluding hydrogens is 475 g/mol. The Kier molecular flexibility index (Phi) is 6.45. The van der Waals surface area contributed by atoms with Crippen molar-refractivity contribution in [2.45, 2.75) is 57.0 Å². The van der Waals surface area contributed by atoms with E-state index in [-0.39, 0.29) is 29.4 Å². The summed E-state index contributed by atoms with van der Waals surface area (Å²) in [6, 6.07) is 1.06. The van der Waals surface area contributed by atoms with Crippen molar-refractivity contribution in [2.24, 2.45) is 11.7 Å². The fourth-order valence-corrected chi connectivity index (χ4v) is 4.99. The summed E-state index contributed by atoms with van der Waals surface area (Å²) in [5.41, 5.74) is 5.66. The van der Waals surface area contributed by atoms with Crippen molar-refractivity contribution >= 4 is 34.7 Å². The van der Waals surface area contributed by atoms with Gasteiger partial charge in [-0.05, 0) is 45.4 Å². The van der Waals surface area contributed by atoms with Crippen molar-refractivity contribution in [1.82, 2.24) is 19.5 Å². The normalized spacial score (nSPS) is 21.9. The molecule has 1 aromatic carbocycles.